The number of nitrogens with zero attached hydrogens (tertiary/aromatic N) is 1. The third-order valence-corrected chi connectivity index (χ3v) is 3.09. The molecule has 0 atom stereocenters. The molecule has 2 aromatic rings. The normalized spacial score (nSPS) is 9.92. The van der Waals surface area contributed by atoms with Gasteiger partial charge in [-0.1, -0.05) is 0 Å². The molecule has 0 radical (unpaired) electrons. The van der Waals surface area contributed by atoms with Crippen molar-refractivity contribution >= 4 is 23.3 Å². The van der Waals surface area contributed by atoms with Crippen LogP contribution >= 0.6 is 0 Å². The smallest absolute Gasteiger partial charge is 0.319 e. The van der Waals surface area contributed by atoms with Gasteiger partial charge in [0.25, 0.3) is 0 Å². The number of nitrogens with one attached hydrogen (secondary N) is 3. The summed E-state index contributed by atoms with van der Waals surface area (Å²) < 4.78 is 5.45. The fourth-order valence-electron chi connectivity index (χ4n) is 2.02. The number of amides is 3. The van der Waals surface area contributed by atoms with Gasteiger partial charge in [0, 0.05) is 11.9 Å². The largest absolute Gasteiger partial charge is 0.494 e. The zero-order valence-corrected chi connectivity index (χ0v) is 13.6. The lowest BCUT2D eigenvalue weighted by Crippen LogP contribution is -2.35. The third-order valence-electron chi connectivity index (χ3n) is 3.09. The van der Waals surface area contributed by atoms with E-state index in [4.69, 9.17) is 4.74 Å². The van der Waals surface area contributed by atoms with Gasteiger partial charge in [-0.25, -0.2) is 4.79 Å². The minimum absolute atomic E-state index is 0.142. The summed E-state index contributed by atoms with van der Waals surface area (Å²) in [6.07, 6.45) is 3.14. The number of anilines is 2. The van der Waals surface area contributed by atoms with Crippen LogP contribution in [0.3, 0.4) is 0 Å². The van der Waals surface area contributed by atoms with Crippen molar-refractivity contribution in [2.24, 2.45) is 0 Å². The molecule has 3 amide bonds. The van der Waals surface area contributed by atoms with Crippen LogP contribution in [0.2, 0.25) is 0 Å². The standard InChI is InChI=1S/C17H20N4O3/c1-3-24-15-7-6-13(9-12(15)2)21-17(23)19-11-16(22)20-14-5-4-8-18-10-14/h4-10H,3,11H2,1-2H3,(H,20,22)(H2,19,21,23). The molecule has 0 spiro atoms. The molecule has 7 heteroatoms. The Balaban J connectivity index is 1.80. The van der Waals surface area contributed by atoms with Crippen LogP contribution in [-0.2, 0) is 4.79 Å². The molecule has 1 heterocycles. The molecular formula is C17H20N4O3. The Morgan fingerprint density at radius 3 is 2.67 bits per heavy atom. The Hall–Kier alpha value is -3.09. The van der Waals surface area contributed by atoms with Crippen molar-refractivity contribution in [2.45, 2.75) is 13.8 Å². The number of carbonyl (C=O) groups excluding carboxylic acids is 2. The monoisotopic (exact) mass is 328 g/mol. The molecule has 0 aliphatic heterocycles. The molecule has 0 bridgehead atoms. The molecule has 0 aliphatic rings. The first-order valence-electron chi connectivity index (χ1n) is 7.56. The van der Waals surface area contributed by atoms with E-state index in [9.17, 15) is 9.59 Å². The number of hydrogen-bond donors (Lipinski definition) is 3. The summed E-state index contributed by atoms with van der Waals surface area (Å²) in [6.45, 7) is 4.25. The van der Waals surface area contributed by atoms with Crippen molar-refractivity contribution in [3.63, 3.8) is 0 Å². The number of pyridine rings is 1. The van der Waals surface area contributed by atoms with E-state index in [1.165, 1.54) is 6.20 Å². The van der Waals surface area contributed by atoms with Crippen LogP contribution in [0.5, 0.6) is 5.75 Å². The average Bonchev–Trinajstić information content (AvgIpc) is 2.56. The number of carbonyl (C=O) groups is 2. The second-order valence-electron chi connectivity index (χ2n) is 5.01. The van der Waals surface area contributed by atoms with Gasteiger partial charge in [0.1, 0.15) is 5.75 Å². The van der Waals surface area contributed by atoms with E-state index >= 15 is 0 Å². The maximum absolute atomic E-state index is 11.8. The Bertz CT molecular complexity index is 704. The molecule has 0 fully saturated rings. The predicted molar refractivity (Wildman–Crippen MR) is 92.2 cm³/mol. The highest BCUT2D eigenvalue weighted by molar-refractivity contribution is 5.96. The fourth-order valence-corrected chi connectivity index (χ4v) is 2.02. The number of aromatic nitrogens is 1. The van der Waals surface area contributed by atoms with Crippen LogP contribution in [0.25, 0.3) is 0 Å². The topological polar surface area (TPSA) is 92.4 Å². The Morgan fingerprint density at radius 2 is 2.00 bits per heavy atom. The van der Waals surface area contributed by atoms with Crippen LogP contribution in [0.4, 0.5) is 16.2 Å². The van der Waals surface area contributed by atoms with Crippen molar-refractivity contribution in [2.75, 3.05) is 23.8 Å². The van der Waals surface area contributed by atoms with Crippen molar-refractivity contribution in [1.29, 1.82) is 0 Å². The summed E-state index contributed by atoms with van der Waals surface area (Å²) in [5, 5.41) is 7.80. The molecule has 0 saturated heterocycles. The third kappa shape index (κ3) is 5.28. The molecular weight excluding hydrogens is 308 g/mol. The fraction of sp³-hybridized carbons (Fsp3) is 0.235. The summed E-state index contributed by atoms with van der Waals surface area (Å²) in [5.74, 6) is 0.445. The van der Waals surface area contributed by atoms with E-state index in [1.807, 2.05) is 13.8 Å². The Morgan fingerprint density at radius 1 is 1.17 bits per heavy atom. The lowest BCUT2D eigenvalue weighted by Gasteiger charge is -2.11. The van der Waals surface area contributed by atoms with Gasteiger partial charge in [-0.2, -0.15) is 0 Å². The highest BCUT2D eigenvalue weighted by Gasteiger charge is 2.07. The number of urea groups is 1. The minimum atomic E-state index is -0.458. The van der Waals surface area contributed by atoms with Crippen molar-refractivity contribution in [3.8, 4) is 5.75 Å². The van der Waals surface area contributed by atoms with E-state index in [0.29, 0.717) is 18.0 Å². The molecule has 7 nitrogen and oxygen atoms in total. The Kier molecular flexibility index (Phi) is 6.13. The summed E-state index contributed by atoms with van der Waals surface area (Å²) in [7, 11) is 0. The Labute approximate surface area is 140 Å². The van der Waals surface area contributed by atoms with Crippen LogP contribution in [-0.4, -0.2) is 30.1 Å². The molecule has 0 aliphatic carbocycles. The second kappa shape index (κ2) is 8.52. The van der Waals surface area contributed by atoms with Gasteiger partial charge in [0.2, 0.25) is 5.91 Å². The number of aryl methyl sites for hydroxylation is 1. The lowest BCUT2D eigenvalue weighted by molar-refractivity contribution is -0.115. The molecule has 3 N–H and O–H groups in total. The number of rotatable bonds is 6. The maximum atomic E-state index is 11.8. The van der Waals surface area contributed by atoms with Gasteiger partial charge in [0.05, 0.1) is 25.0 Å². The highest BCUT2D eigenvalue weighted by Crippen LogP contribution is 2.21. The van der Waals surface area contributed by atoms with Gasteiger partial charge < -0.3 is 20.7 Å². The summed E-state index contributed by atoms with van der Waals surface area (Å²) in [5.41, 5.74) is 2.12. The second-order valence-corrected chi connectivity index (χ2v) is 5.01. The molecule has 126 valence electrons. The van der Waals surface area contributed by atoms with Gasteiger partial charge in [-0.05, 0) is 49.7 Å². The SMILES string of the molecule is CCOc1ccc(NC(=O)NCC(=O)Nc2cccnc2)cc1C. The van der Waals surface area contributed by atoms with Gasteiger partial charge >= 0.3 is 6.03 Å². The zero-order valence-electron chi connectivity index (χ0n) is 13.6. The molecule has 2 rings (SSSR count). The van der Waals surface area contributed by atoms with Crippen LogP contribution in [0.15, 0.2) is 42.7 Å². The first-order valence-corrected chi connectivity index (χ1v) is 7.56. The quantitative estimate of drug-likeness (QED) is 0.760. The van der Waals surface area contributed by atoms with E-state index in [0.717, 1.165) is 11.3 Å². The van der Waals surface area contributed by atoms with E-state index in [2.05, 4.69) is 20.9 Å². The van der Waals surface area contributed by atoms with Crippen molar-refractivity contribution < 1.29 is 14.3 Å². The van der Waals surface area contributed by atoms with E-state index in [-0.39, 0.29) is 12.5 Å². The van der Waals surface area contributed by atoms with Crippen molar-refractivity contribution in [3.05, 3.63) is 48.3 Å². The van der Waals surface area contributed by atoms with Gasteiger partial charge in [-0.3, -0.25) is 9.78 Å². The van der Waals surface area contributed by atoms with Gasteiger partial charge in [-0.15, -0.1) is 0 Å². The van der Waals surface area contributed by atoms with Crippen LogP contribution in [0, 0.1) is 6.92 Å². The molecule has 1 aromatic carbocycles. The molecule has 0 saturated carbocycles. The minimum Gasteiger partial charge on any atom is -0.494 e. The molecule has 0 unspecified atom stereocenters. The van der Waals surface area contributed by atoms with Crippen LogP contribution < -0.4 is 20.7 Å². The lowest BCUT2D eigenvalue weighted by atomic mass is 10.2. The van der Waals surface area contributed by atoms with E-state index < -0.39 is 6.03 Å². The number of benzene rings is 1. The predicted octanol–water partition coefficient (Wildman–Crippen LogP) is 2.55. The number of hydrogen-bond acceptors (Lipinski definition) is 4. The highest BCUT2D eigenvalue weighted by atomic mass is 16.5. The van der Waals surface area contributed by atoms with Crippen LogP contribution in [0.1, 0.15) is 12.5 Å². The zero-order chi connectivity index (χ0) is 17.4. The van der Waals surface area contributed by atoms with Crippen molar-refractivity contribution in [1.82, 2.24) is 10.3 Å². The summed E-state index contributed by atoms with van der Waals surface area (Å²) >= 11 is 0. The summed E-state index contributed by atoms with van der Waals surface area (Å²) in [6, 6.07) is 8.31. The maximum Gasteiger partial charge on any atom is 0.319 e. The molecule has 24 heavy (non-hydrogen) atoms. The van der Waals surface area contributed by atoms with Gasteiger partial charge in [0.15, 0.2) is 0 Å². The molecule has 1 aromatic heterocycles. The average molecular weight is 328 g/mol. The first-order chi connectivity index (χ1) is 11.6. The first kappa shape index (κ1) is 17.3. The summed E-state index contributed by atoms with van der Waals surface area (Å²) in [4.78, 5) is 27.5. The van der Waals surface area contributed by atoms with E-state index in [1.54, 1.807) is 36.5 Å². The number of ether oxygens (including phenoxy) is 1.